The molecule has 23 heavy (non-hydrogen) atoms. The fraction of sp³-hybridized carbons (Fsp3) is 0.800. The average Bonchev–Trinajstić information content (AvgIpc) is 2.95. The van der Waals surface area contributed by atoms with E-state index in [4.69, 9.17) is 9.84 Å². The first-order valence-corrected chi connectivity index (χ1v) is 8.76. The van der Waals surface area contributed by atoms with Gasteiger partial charge < -0.3 is 19.6 Å². The summed E-state index contributed by atoms with van der Waals surface area (Å²) in [6.45, 7) is 7.28. The molecule has 2 rings (SSSR count). The van der Waals surface area contributed by atoms with Crippen LogP contribution < -0.4 is 0 Å². The smallest absolute Gasteiger partial charge is 0.410 e. The maximum Gasteiger partial charge on any atom is 0.410 e. The van der Waals surface area contributed by atoms with Crippen LogP contribution in [-0.4, -0.2) is 75.2 Å². The summed E-state index contributed by atoms with van der Waals surface area (Å²) >= 11 is 1.24. The number of hydrogen-bond acceptors (Lipinski definition) is 5. The number of carbonyl (C=O) groups is 3. The standard InChI is InChI=1S/C15H24N2O5S/c1-15(2,3)22-14(21)17-8-6-16(7-9-17)12(18)10-4-5-11(23-10)13(19)20/h10-11H,4-9H2,1-3H3,(H,19,20)/t10-,11+/m0/s1. The monoisotopic (exact) mass is 344 g/mol. The molecule has 8 heteroatoms. The molecule has 2 aliphatic rings. The summed E-state index contributed by atoms with van der Waals surface area (Å²) < 4.78 is 5.33. The summed E-state index contributed by atoms with van der Waals surface area (Å²) in [7, 11) is 0. The van der Waals surface area contributed by atoms with Gasteiger partial charge in [0.1, 0.15) is 10.9 Å². The van der Waals surface area contributed by atoms with Crippen LogP contribution in [0.5, 0.6) is 0 Å². The van der Waals surface area contributed by atoms with Crippen LogP contribution in [0, 0.1) is 0 Å². The Bertz CT molecular complexity index is 483. The fourth-order valence-electron chi connectivity index (χ4n) is 2.64. The maximum atomic E-state index is 12.5. The molecule has 0 aromatic carbocycles. The van der Waals surface area contributed by atoms with Crippen LogP contribution in [0.4, 0.5) is 4.79 Å². The van der Waals surface area contributed by atoms with Crippen molar-refractivity contribution in [1.82, 2.24) is 9.80 Å². The molecule has 0 saturated carbocycles. The van der Waals surface area contributed by atoms with Gasteiger partial charge in [-0.2, -0.15) is 0 Å². The van der Waals surface area contributed by atoms with Gasteiger partial charge in [0, 0.05) is 26.2 Å². The molecule has 7 nitrogen and oxygen atoms in total. The molecule has 2 amide bonds. The Hall–Kier alpha value is -1.44. The van der Waals surface area contributed by atoms with Crippen LogP contribution in [0.25, 0.3) is 0 Å². The van der Waals surface area contributed by atoms with Gasteiger partial charge in [-0.25, -0.2) is 4.79 Å². The van der Waals surface area contributed by atoms with Gasteiger partial charge in [0.15, 0.2) is 0 Å². The van der Waals surface area contributed by atoms with Gasteiger partial charge in [-0.15, -0.1) is 11.8 Å². The minimum absolute atomic E-state index is 0.0115. The first-order chi connectivity index (χ1) is 10.7. The van der Waals surface area contributed by atoms with E-state index in [2.05, 4.69) is 0 Å². The SMILES string of the molecule is CC(C)(C)OC(=O)N1CCN(C(=O)[C@@H]2CC[C@H](C(=O)O)S2)CC1. The third-order valence-electron chi connectivity index (χ3n) is 3.81. The Morgan fingerprint density at radius 1 is 1.00 bits per heavy atom. The van der Waals surface area contributed by atoms with Crippen LogP contribution in [0.1, 0.15) is 33.6 Å². The summed E-state index contributed by atoms with van der Waals surface area (Å²) in [5.41, 5.74) is -0.531. The molecule has 0 bridgehead atoms. The Kier molecular flexibility index (Phi) is 5.44. The number of amides is 2. The summed E-state index contributed by atoms with van der Waals surface area (Å²) in [6.07, 6.45) is 0.784. The highest BCUT2D eigenvalue weighted by molar-refractivity contribution is 8.02. The largest absolute Gasteiger partial charge is 0.480 e. The zero-order valence-corrected chi connectivity index (χ0v) is 14.6. The molecule has 0 unspecified atom stereocenters. The number of carboxylic acids is 1. The molecule has 2 saturated heterocycles. The second-order valence-electron chi connectivity index (χ2n) is 6.82. The molecule has 0 radical (unpaired) electrons. The van der Waals surface area contributed by atoms with Crippen LogP contribution in [0.15, 0.2) is 0 Å². The number of aliphatic carboxylic acids is 1. The number of thioether (sulfide) groups is 1. The lowest BCUT2D eigenvalue weighted by molar-refractivity contribution is -0.136. The molecule has 0 aliphatic carbocycles. The highest BCUT2D eigenvalue weighted by Gasteiger charge is 2.37. The van der Waals surface area contributed by atoms with Crippen molar-refractivity contribution in [2.75, 3.05) is 26.2 Å². The Morgan fingerprint density at radius 3 is 2.00 bits per heavy atom. The van der Waals surface area contributed by atoms with E-state index in [1.807, 2.05) is 20.8 Å². The highest BCUT2D eigenvalue weighted by atomic mass is 32.2. The van der Waals surface area contributed by atoms with Crippen molar-refractivity contribution in [3.8, 4) is 0 Å². The number of carbonyl (C=O) groups excluding carboxylic acids is 2. The summed E-state index contributed by atoms with van der Waals surface area (Å²) in [4.78, 5) is 38.8. The molecular weight excluding hydrogens is 320 g/mol. The lowest BCUT2D eigenvalue weighted by Gasteiger charge is -2.36. The van der Waals surface area contributed by atoms with Crippen molar-refractivity contribution >= 4 is 29.7 Å². The van der Waals surface area contributed by atoms with E-state index in [9.17, 15) is 14.4 Å². The van der Waals surface area contributed by atoms with E-state index >= 15 is 0 Å². The third kappa shape index (κ3) is 4.76. The number of ether oxygens (including phenoxy) is 1. The van der Waals surface area contributed by atoms with Crippen molar-refractivity contribution in [3.05, 3.63) is 0 Å². The Morgan fingerprint density at radius 2 is 1.52 bits per heavy atom. The number of rotatable bonds is 2. The summed E-state index contributed by atoms with van der Waals surface area (Å²) in [5.74, 6) is -0.859. The number of carboxylic acid groups (broad SMARTS) is 1. The molecule has 2 aliphatic heterocycles. The molecule has 2 atom stereocenters. The van der Waals surface area contributed by atoms with Crippen molar-refractivity contribution in [1.29, 1.82) is 0 Å². The number of nitrogens with zero attached hydrogens (tertiary/aromatic N) is 2. The number of piperazine rings is 1. The van der Waals surface area contributed by atoms with Gasteiger partial charge in [-0.3, -0.25) is 9.59 Å². The van der Waals surface area contributed by atoms with Crippen molar-refractivity contribution in [3.63, 3.8) is 0 Å². The summed E-state index contributed by atoms with van der Waals surface area (Å²) in [5, 5.41) is 8.25. The molecule has 0 aromatic heterocycles. The van der Waals surface area contributed by atoms with Gasteiger partial charge in [-0.05, 0) is 33.6 Å². The lowest BCUT2D eigenvalue weighted by atomic mass is 10.1. The first-order valence-electron chi connectivity index (χ1n) is 7.82. The van der Waals surface area contributed by atoms with Crippen LogP contribution in [-0.2, 0) is 14.3 Å². The van der Waals surface area contributed by atoms with E-state index in [1.165, 1.54) is 11.8 Å². The average molecular weight is 344 g/mol. The van der Waals surface area contributed by atoms with Gasteiger partial charge >= 0.3 is 12.1 Å². The second kappa shape index (κ2) is 6.98. The molecule has 2 heterocycles. The van der Waals surface area contributed by atoms with Gasteiger partial charge in [0.2, 0.25) is 5.91 Å². The quantitative estimate of drug-likeness (QED) is 0.815. The zero-order valence-electron chi connectivity index (χ0n) is 13.8. The zero-order chi connectivity index (χ0) is 17.2. The van der Waals surface area contributed by atoms with E-state index in [-0.39, 0.29) is 17.3 Å². The third-order valence-corrected chi connectivity index (χ3v) is 5.35. The molecule has 1 N–H and O–H groups in total. The highest BCUT2D eigenvalue weighted by Crippen LogP contribution is 2.35. The molecule has 130 valence electrons. The fourth-order valence-corrected chi connectivity index (χ4v) is 3.96. The first kappa shape index (κ1) is 17.9. The molecular formula is C15H24N2O5S. The predicted octanol–water partition coefficient (Wildman–Crippen LogP) is 1.41. The second-order valence-corrected chi connectivity index (χ2v) is 8.23. The van der Waals surface area contributed by atoms with Crippen LogP contribution in [0.3, 0.4) is 0 Å². The van der Waals surface area contributed by atoms with Gasteiger partial charge in [0.25, 0.3) is 0 Å². The normalized spacial score (nSPS) is 25.3. The van der Waals surface area contributed by atoms with E-state index in [1.54, 1.807) is 9.80 Å². The van der Waals surface area contributed by atoms with E-state index in [0.29, 0.717) is 39.0 Å². The Balaban J connectivity index is 1.81. The van der Waals surface area contributed by atoms with E-state index in [0.717, 1.165) is 0 Å². The van der Waals surface area contributed by atoms with Gasteiger partial charge in [-0.1, -0.05) is 0 Å². The van der Waals surface area contributed by atoms with Gasteiger partial charge in [0.05, 0.1) is 5.25 Å². The summed E-state index contributed by atoms with van der Waals surface area (Å²) in [6, 6.07) is 0. The predicted molar refractivity (Wildman–Crippen MR) is 86.4 cm³/mol. The molecule has 0 spiro atoms. The van der Waals surface area contributed by atoms with Crippen molar-refractivity contribution in [2.24, 2.45) is 0 Å². The van der Waals surface area contributed by atoms with Crippen molar-refractivity contribution < 1.29 is 24.2 Å². The maximum absolute atomic E-state index is 12.5. The Labute approximate surface area is 140 Å². The van der Waals surface area contributed by atoms with Crippen molar-refractivity contribution in [2.45, 2.75) is 49.7 Å². The lowest BCUT2D eigenvalue weighted by Crippen LogP contribution is -2.53. The van der Waals surface area contributed by atoms with Crippen LogP contribution >= 0.6 is 11.8 Å². The van der Waals surface area contributed by atoms with E-state index < -0.39 is 16.8 Å². The minimum atomic E-state index is -0.847. The molecule has 2 fully saturated rings. The molecule has 0 aromatic rings. The topological polar surface area (TPSA) is 87.2 Å². The van der Waals surface area contributed by atoms with Crippen LogP contribution in [0.2, 0.25) is 0 Å². The number of hydrogen-bond donors (Lipinski definition) is 1. The minimum Gasteiger partial charge on any atom is -0.480 e.